The van der Waals surface area contributed by atoms with Crippen LogP contribution < -0.4 is 9.64 Å². The summed E-state index contributed by atoms with van der Waals surface area (Å²) in [6, 6.07) is 13.6. The van der Waals surface area contributed by atoms with Gasteiger partial charge in [-0.15, -0.1) is 0 Å². The number of ether oxygens (including phenoxy) is 1. The zero-order valence-corrected chi connectivity index (χ0v) is 17.0. The smallest absolute Gasteiger partial charge is 0.268 e. The molecule has 0 aliphatic carbocycles. The molecule has 0 aromatic heterocycles. The molecule has 0 saturated carbocycles. The van der Waals surface area contributed by atoms with Crippen LogP contribution in [0.15, 0.2) is 42.5 Å². The first kappa shape index (κ1) is 19.6. The monoisotopic (exact) mass is 393 g/mol. The van der Waals surface area contributed by atoms with Gasteiger partial charge >= 0.3 is 0 Å². The van der Waals surface area contributed by atoms with E-state index in [0.29, 0.717) is 23.5 Å². The Balaban J connectivity index is 1.48. The molecule has 0 radical (unpaired) electrons. The van der Waals surface area contributed by atoms with E-state index in [9.17, 15) is 9.59 Å². The second kappa shape index (κ2) is 8.35. The normalized spacial score (nSPS) is 20.3. The lowest BCUT2D eigenvalue weighted by atomic mass is 10.1. The van der Waals surface area contributed by atoms with Gasteiger partial charge in [-0.2, -0.15) is 0 Å². The molecule has 2 aromatic rings. The van der Waals surface area contributed by atoms with Gasteiger partial charge in [-0.05, 0) is 43.3 Å². The third kappa shape index (κ3) is 4.33. The molecule has 6 heteroatoms. The van der Waals surface area contributed by atoms with Crippen LogP contribution in [0, 0.1) is 0 Å². The van der Waals surface area contributed by atoms with Gasteiger partial charge in [0.25, 0.3) is 5.91 Å². The number of piperazine rings is 1. The minimum Gasteiger partial charge on any atom is -0.479 e. The van der Waals surface area contributed by atoms with Crippen molar-refractivity contribution in [1.29, 1.82) is 0 Å². The molecular formula is C23H27N3O3. The van der Waals surface area contributed by atoms with Crippen LogP contribution in [-0.4, -0.2) is 61.3 Å². The second-order valence-electron chi connectivity index (χ2n) is 7.93. The fraction of sp³-hybridized carbons (Fsp3) is 0.391. The topological polar surface area (TPSA) is 53.1 Å². The molecule has 1 atom stereocenters. The molecule has 152 valence electrons. The fourth-order valence-electron chi connectivity index (χ4n) is 3.86. The molecule has 6 nitrogen and oxygen atoms in total. The Morgan fingerprint density at radius 1 is 1.00 bits per heavy atom. The number of likely N-dealkylation sites (N-methyl/N-ethyl adjacent to an activating group) is 1. The Morgan fingerprint density at radius 3 is 2.31 bits per heavy atom. The first-order valence-electron chi connectivity index (χ1n) is 10.1. The van der Waals surface area contributed by atoms with Gasteiger partial charge in [-0.3, -0.25) is 14.5 Å². The second-order valence-corrected chi connectivity index (χ2v) is 7.93. The van der Waals surface area contributed by atoms with E-state index in [-0.39, 0.29) is 5.91 Å². The van der Waals surface area contributed by atoms with Gasteiger partial charge in [0.1, 0.15) is 12.0 Å². The lowest BCUT2D eigenvalue weighted by Gasteiger charge is -2.33. The van der Waals surface area contributed by atoms with E-state index in [0.717, 1.165) is 44.6 Å². The molecule has 0 N–H and O–H groups in total. The van der Waals surface area contributed by atoms with Gasteiger partial charge in [0.2, 0.25) is 0 Å². The van der Waals surface area contributed by atoms with Gasteiger partial charge in [0.05, 0.1) is 12.2 Å². The molecule has 29 heavy (non-hydrogen) atoms. The van der Waals surface area contributed by atoms with Gasteiger partial charge in [0.15, 0.2) is 6.10 Å². The maximum atomic E-state index is 12.8. The van der Waals surface area contributed by atoms with Crippen molar-refractivity contribution < 1.29 is 14.3 Å². The quantitative estimate of drug-likeness (QED) is 0.731. The van der Waals surface area contributed by atoms with Crippen molar-refractivity contribution in [3.05, 3.63) is 59.2 Å². The number of fused-ring (bicyclic) bond motifs is 1. The van der Waals surface area contributed by atoms with Gasteiger partial charge in [-0.1, -0.05) is 24.3 Å². The number of anilines is 1. The number of benzene rings is 2. The first-order valence-corrected chi connectivity index (χ1v) is 10.1. The lowest BCUT2D eigenvalue weighted by Crippen LogP contribution is -2.44. The number of carbonyl (C=O) groups is 2. The standard InChI is InChI=1S/C23H27N3O3/c1-17-23(28)26(21-13-20(16-27)7-8-22(21)29-17)15-19-5-3-18(4-6-19)14-25-11-9-24(2)10-12-25/h3-8,13,16-17H,9-12,14-15H2,1-2H3. The van der Waals surface area contributed by atoms with Crippen molar-refractivity contribution in [2.45, 2.75) is 26.1 Å². The minimum atomic E-state index is -0.541. The molecular weight excluding hydrogens is 366 g/mol. The molecule has 1 saturated heterocycles. The van der Waals surface area contributed by atoms with E-state index in [4.69, 9.17) is 4.74 Å². The summed E-state index contributed by atoms with van der Waals surface area (Å²) in [4.78, 5) is 30.5. The van der Waals surface area contributed by atoms with E-state index in [2.05, 4.69) is 41.1 Å². The number of nitrogens with zero attached hydrogens (tertiary/aromatic N) is 3. The molecule has 1 amide bonds. The summed E-state index contributed by atoms with van der Waals surface area (Å²) in [6.45, 7) is 7.56. The number of amides is 1. The number of rotatable bonds is 5. The van der Waals surface area contributed by atoms with Crippen LogP contribution in [0.3, 0.4) is 0 Å². The number of hydrogen-bond acceptors (Lipinski definition) is 5. The average Bonchev–Trinajstić information content (AvgIpc) is 2.74. The Morgan fingerprint density at radius 2 is 1.66 bits per heavy atom. The Kier molecular flexibility index (Phi) is 5.65. The largest absolute Gasteiger partial charge is 0.479 e. The molecule has 2 aliphatic rings. The van der Waals surface area contributed by atoms with Crippen molar-refractivity contribution in [3.63, 3.8) is 0 Å². The average molecular weight is 393 g/mol. The highest BCUT2D eigenvalue weighted by molar-refractivity contribution is 6.00. The van der Waals surface area contributed by atoms with Crippen LogP contribution in [0.2, 0.25) is 0 Å². The van der Waals surface area contributed by atoms with E-state index >= 15 is 0 Å². The third-order valence-electron chi connectivity index (χ3n) is 5.69. The molecule has 2 aromatic carbocycles. The number of aldehydes is 1. The van der Waals surface area contributed by atoms with Crippen molar-refractivity contribution in [2.75, 3.05) is 38.1 Å². The van der Waals surface area contributed by atoms with Crippen LogP contribution in [0.4, 0.5) is 5.69 Å². The highest BCUT2D eigenvalue weighted by Crippen LogP contribution is 2.35. The zero-order chi connectivity index (χ0) is 20.4. The maximum absolute atomic E-state index is 12.8. The van der Waals surface area contributed by atoms with E-state index < -0.39 is 6.10 Å². The summed E-state index contributed by atoms with van der Waals surface area (Å²) in [5.41, 5.74) is 3.52. The van der Waals surface area contributed by atoms with E-state index in [1.54, 1.807) is 30.0 Å². The van der Waals surface area contributed by atoms with Gasteiger partial charge in [-0.25, -0.2) is 0 Å². The SMILES string of the molecule is CC1Oc2ccc(C=O)cc2N(Cc2ccc(CN3CCN(C)CC3)cc2)C1=O. The molecule has 0 bridgehead atoms. The summed E-state index contributed by atoms with van der Waals surface area (Å²) in [6.07, 6.45) is 0.245. The number of hydrogen-bond donors (Lipinski definition) is 0. The van der Waals surface area contributed by atoms with Crippen molar-refractivity contribution in [2.24, 2.45) is 0 Å². The van der Waals surface area contributed by atoms with Gasteiger partial charge < -0.3 is 14.5 Å². The predicted molar refractivity (Wildman–Crippen MR) is 112 cm³/mol. The number of carbonyl (C=O) groups excluding carboxylic acids is 2. The highest BCUT2D eigenvalue weighted by atomic mass is 16.5. The summed E-state index contributed by atoms with van der Waals surface area (Å²) in [5.74, 6) is 0.538. The van der Waals surface area contributed by atoms with Crippen molar-refractivity contribution in [1.82, 2.24) is 9.80 Å². The predicted octanol–water partition coefficient (Wildman–Crippen LogP) is 2.56. The van der Waals surface area contributed by atoms with E-state index in [1.807, 2.05) is 0 Å². The van der Waals surface area contributed by atoms with Gasteiger partial charge in [0, 0.05) is 38.3 Å². The first-order chi connectivity index (χ1) is 14.0. The molecule has 2 aliphatic heterocycles. The third-order valence-corrected chi connectivity index (χ3v) is 5.69. The summed E-state index contributed by atoms with van der Waals surface area (Å²) in [5, 5.41) is 0. The van der Waals surface area contributed by atoms with Crippen molar-refractivity contribution in [3.8, 4) is 5.75 Å². The lowest BCUT2D eigenvalue weighted by molar-refractivity contribution is -0.125. The molecule has 1 unspecified atom stereocenters. The Labute approximate surface area is 171 Å². The van der Waals surface area contributed by atoms with Crippen LogP contribution in [0.5, 0.6) is 5.75 Å². The van der Waals surface area contributed by atoms with Crippen molar-refractivity contribution >= 4 is 17.9 Å². The highest BCUT2D eigenvalue weighted by Gasteiger charge is 2.31. The zero-order valence-electron chi connectivity index (χ0n) is 17.0. The minimum absolute atomic E-state index is 0.0953. The Bertz CT molecular complexity index is 889. The van der Waals surface area contributed by atoms with E-state index in [1.165, 1.54) is 5.56 Å². The maximum Gasteiger partial charge on any atom is 0.268 e. The molecule has 4 rings (SSSR count). The van der Waals surface area contributed by atoms with Crippen LogP contribution >= 0.6 is 0 Å². The summed E-state index contributed by atoms with van der Waals surface area (Å²) < 4.78 is 5.71. The fourth-order valence-corrected chi connectivity index (χ4v) is 3.86. The van der Waals surface area contributed by atoms with Crippen LogP contribution in [-0.2, 0) is 17.9 Å². The molecule has 2 heterocycles. The summed E-state index contributed by atoms with van der Waals surface area (Å²) >= 11 is 0. The molecule has 1 fully saturated rings. The van der Waals surface area contributed by atoms with Crippen LogP contribution in [0.25, 0.3) is 0 Å². The molecule has 0 spiro atoms. The van der Waals surface area contributed by atoms with Crippen LogP contribution in [0.1, 0.15) is 28.4 Å². The Hall–Kier alpha value is -2.70. The summed E-state index contributed by atoms with van der Waals surface area (Å²) in [7, 11) is 2.16.